The minimum Gasteiger partial charge on any atom is -0.494 e. The monoisotopic (exact) mass is 288 g/mol. The quantitative estimate of drug-likeness (QED) is 0.279. The van der Waals surface area contributed by atoms with Gasteiger partial charge in [0.25, 0.3) is 0 Å². The number of hydrogen-bond acceptors (Lipinski definition) is 3. The van der Waals surface area contributed by atoms with Gasteiger partial charge in [-0.15, -0.1) is 0 Å². The van der Waals surface area contributed by atoms with E-state index in [1.807, 2.05) is 36.4 Å². The molecule has 0 aromatic heterocycles. The van der Waals surface area contributed by atoms with Gasteiger partial charge in [0.15, 0.2) is 0 Å². The van der Waals surface area contributed by atoms with E-state index in [2.05, 4.69) is 6.08 Å². The molecule has 1 aromatic rings. The summed E-state index contributed by atoms with van der Waals surface area (Å²) in [5, 5.41) is 0. The van der Waals surface area contributed by atoms with Gasteiger partial charge in [0, 0.05) is 6.08 Å². The molecule has 0 heterocycles. The van der Waals surface area contributed by atoms with Crippen LogP contribution in [0.2, 0.25) is 0 Å². The van der Waals surface area contributed by atoms with Crippen molar-refractivity contribution < 1.29 is 14.3 Å². The summed E-state index contributed by atoms with van der Waals surface area (Å²) in [6, 6.07) is 9.88. The first-order chi connectivity index (χ1) is 10.3. The highest BCUT2D eigenvalue weighted by atomic mass is 16.5. The first-order valence-corrected chi connectivity index (χ1v) is 7.50. The lowest BCUT2D eigenvalue weighted by Crippen LogP contribution is -1.98. The topological polar surface area (TPSA) is 35.5 Å². The Balaban J connectivity index is 1.96. The molecule has 3 nitrogen and oxygen atoms in total. The molecule has 1 rings (SSSR count). The minimum absolute atomic E-state index is 0.291. The first-order valence-electron chi connectivity index (χ1n) is 7.50. The fourth-order valence-corrected chi connectivity index (χ4v) is 1.75. The molecule has 114 valence electrons. The van der Waals surface area contributed by atoms with Crippen molar-refractivity contribution in [2.75, 3.05) is 13.2 Å². The number of ether oxygens (including phenoxy) is 2. The van der Waals surface area contributed by atoms with Crippen LogP contribution >= 0.6 is 0 Å². The maximum absolute atomic E-state index is 11.0. The van der Waals surface area contributed by atoms with E-state index < -0.39 is 0 Å². The first kappa shape index (κ1) is 17.0. The van der Waals surface area contributed by atoms with Gasteiger partial charge in [0.1, 0.15) is 5.75 Å². The van der Waals surface area contributed by atoms with E-state index in [4.69, 9.17) is 9.47 Å². The molecule has 3 heteroatoms. The van der Waals surface area contributed by atoms with E-state index in [0.29, 0.717) is 6.61 Å². The predicted molar refractivity (Wildman–Crippen MR) is 85.3 cm³/mol. The number of rotatable bonds is 10. The third-order valence-electron chi connectivity index (χ3n) is 2.79. The van der Waals surface area contributed by atoms with Crippen molar-refractivity contribution >= 4 is 5.97 Å². The normalized spacial score (nSPS) is 11.1. The highest BCUT2D eigenvalue weighted by Crippen LogP contribution is 2.09. The van der Waals surface area contributed by atoms with Crippen LogP contribution in [0.1, 0.15) is 32.6 Å². The summed E-state index contributed by atoms with van der Waals surface area (Å²) in [5.41, 5.74) is 0. The molecule has 0 saturated heterocycles. The zero-order valence-corrected chi connectivity index (χ0v) is 12.7. The Morgan fingerprint density at radius 2 is 1.90 bits per heavy atom. The Morgan fingerprint density at radius 3 is 2.67 bits per heavy atom. The summed E-state index contributed by atoms with van der Waals surface area (Å²) in [6.45, 7) is 2.97. The van der Waals surface area contributed by atoms with Gasteiger partial charge >= 0.3 is 5.97 Å². The number of unbranched alkanes of at least 4 members (excludes halogenated alkanes) is 3. The molecule has 0 bridgehead atoms. The van der Waals surface area contributed by atoms with E-state index in [1.54, 1.807) is 13.0 Å². The molecule has 0 aliphatic carbocycles. The lowest BCUT2D eigenvalue weighted by atomic mass is 10.2. The van der Waals surface area contributed by atoms with E-state index >= 15 is 0 Å². The van der Waals surface area contributed by atoms with Gasteiger partial charge in [-0.25, -0.2) is 4.79 Å². The summed E-state index contributed by atoms with van der Waals surface area (Å²) in [4.78, 5) is 11.0. The summed E-state index contributed by atoms with van der Waals surface area (Å²) in [7, 11) is 0. The molecule has 0 amide bonds. The highest BCUT2D eigenvalue weighted by molar-refractivity contribution is 5.82. The van der Waals surface area contributed by atoms with Gasteiger partial charge in [-0.1, -0.05) is 36.4 Å². The number of allylic oxidation sites excluding steroid dienone is 3. The average Bonchev–Trinajstić information content (AvgIpc) is 2.50. The summed E-state index contributed by atoms with van der Waals surface area (Å²) < 4.78 is 10.4. The molecule has 0 atom stereocenters. The number of carbonyl (C=O) groups is 1. The Morgan fingerprint density at radius 1 is 1.10 bits per heavy atom. The molecule has 0 aliphatic rings. The van der Waals surface area contributed by atoms with Gasteiger partial charge < -0.3 is 9.47 Å². The molecular weight excluding hydrogens is 264 g/mol. The van der Waals surface area contributed by atoms with Gasteiger partial charge in [-0.2, -0.15) is 0 Å². The van der Waals surface area contributed by atoms with Crippen LogP contribution in [-0.4, -0.2) is 19.2 Å². The van der Waals surface area contributed by atoms with Crippen molar-refractivity contribution in [2.45, 2.75) is 32.6 Å². The van der Waals surface area contributed by atoms with Gasteiger partial charge in [-0.3, -0.25) is 0 Å². The van der Waals surface area contributed by atoms with E-state index in [1.165, 1.54) is 6.08 Å². The predicted octanol–water partition coefficient (Wildman–Crippen LogP) is 4.30. The molecule has 0 N–H and O–H groups in total. The fourth-order valence-electron chi connectivity index (χ4n) is 1.75. The zero-order valence-electron chi connectivity index (χ0n) is 12.7. The van der Waals surface area contributed by atoms with Crippen molar-refractivity contribution in [3.8, 4) is 5.75 Å². The van der Waals surface area contributed by atoms with Crippen LogP contribution in [0.4, 0.5) is 0 Å². The van der Waals surface area contributed by atoms with Gasteiger partial charge in [0.05, 0.1) is 13.2 Å². The zero-order chi connectivity index (χ0) is 15.2. The Bertz CT molecular complexity index is 435. The summed E-state index contributed by atoms with van der Waals surface area (Å²) in [6.07, 6.45) is 11.4. The van der Waals surface area contributed by atoms with Crippen LogP contribution in [0, 0.1) is 0 Å². The third kappa shape index (κ3) is 9.50. The van der Waals surface area contributed by atoms with Crippen LogP contribution < -0.4 is 4.74 Å². The smallest absolute Gasteiger partial charge is 0.330 e. The number of benzene rings is 1. The van der Waals surface area contributed by atoms with Crippen LogP contribution in [0.5, 0.6) is 5.75 Å². The lowest BCUT2D eigenvalue weighted by molar-refractivity contribution is -0.137. The second kappa shape index (κ2) is 11.8. The maximum atomic E-state index is 11.0. The Labute approximate surface area is 127 Å². The molecule has 0 saturated carbocycles. The molecular formula is C18H24O3. The SMILES string of the molecule is CCOC(=O)/C=C/C=C/CCCCCOc1ccccc1. The van der Waals surface area contributed by atoms with Crippen LogP contribution in [0.25, 0.3) is 0 Å². The van der Waals surface area contributed by atoms with Crippen molar-refractivity contribution in [2.24, 2.45) is 0 Å². The van der Waals surface area contributed by atoms with Crippen LogP contribution in [0.3, 0.4) is 0 Å². The molecule has 21 heavy (non-hydrogen) atoms. The average molecular weight is 288 g/mol. The maximum Gasteiger partial charge on any atom is 0.330 e. The number of esters is 1. The fraction of sp³-hybridized carbons (Fsp3) is 0.389. The molecule has 1 aromatic carbocycles. The minimum atomic E-state index is -0.291. The largest absolute Gasteiger partial charge is 0.494 e. The lowest BCUT2D eigenvalue weighted by Gasteiger charge is -2.04. The standard InChI is InChI=1S/C18H24O3/c1-2-20-18(19)15-11-6-4-3-5-7-12-16-21-17-13-9-8-10-14-17/h4,6,8-11,13-15H,2-3,5,7,12,16H2,1H3/b6-4+,15-11+. The molecule has 0 aliphatic heterocycles. The third-order valence-corrected chi connectivity index (χ3v) is 2.79. The second-order valence-electron chi connectivity index (χ2n) is 4.55. The Hall–Kier alpha value is -2.03. The molecule has 0 fully saturated rings. The van der Waals surface area contributed by atoms with Crippen molar-refractivity contribution in [3.05, 3.63) is 54.6 Å². The Kier molecular flexibility index (Phi) is 9.54. The molecule has 0 radical (unpaired) electrons. The van der Waals surface area contributed by atoms with E-state index in [0.717, 1.165) is 38.0 Å². The molecule has 0 unspecified atom stereocenters. The number of carbonyl (C=O) groups excluding carboxylic acids is 1. The second-order valence-corrected chi connectivity index (χ2v) is 4.55. The van der Waals surface area contributed by atoms with Crippen molar-refractivity contribution in [1.29, 1.82) is 0 Å². The van der Waals surface area contributed by atoms with Gasteiger partial charge in [0.2, 0.25) is 0 Å². The summed E-state index contributed by atoms with van der Waals surface area (Å²) >= 11 is 0. The van der Waals surface area contributed by atoms with E-state index in [-0.39, 0.29) is 5.97 Å². The van der Waals surface area contributed by atoms with E-state index in [9.17, 15) is 4.79 Å². The molecule has 0 spiro atoms. The highest BCUT2D eigenvalue weighted by Gasteiger charge is 1.92. The van der Waals surface area contributed by atoms with Crippen molar-refractivity contribution in [3.63, 3.8) is 0 Å². The summed E-state index contributed by atoms with van der Waals surface area (Å²) in [5.74, 6) is 0.640. The van der Waals surface area contributed by atoms with Gasteiger partial charge in [-0.05, 0) is 44.7 Å². The number of hydrogen-bond donors (Lipinski definition) is 0. The number of para-hydroxylation sites is 1. The van der Waals surface area contributed by atoms with Crippen molar-refractivity contribution in [1.82, 2.24) is 0 Å². The van der Waals surface area contributed by atoms with Crippen LogP contribution in [0.15, 0.2) is 54.6 Å². The van der Waals surface area contributed by atoms with Crippen LogP contribution in [-0.2, 0) is 9.53 Å².